The molecule has 0 radical (unpaired) electrons. The van der Waals surface area contributed by atoms with Crippen LogP contribution in [0.3, 0.4) is 0 Å². The van der Waals surface area contributed by atoms with Crippen LogP contribution >= 0.6 is 23.2 Å². The van der Waals surface area contributed by atoms with E-state index in [1.165, 1.54) is 5.56 Å². The van der Waals surface area contributed by atoms with Crippen molar-refractivity contribution in [2.45, 2.75) is 26.3 Å². The van der Waals surface area contributed by atoms with E-state index >= 15 is 0 Å². The number of aryl methyl sites for hydroxylation is 2. The van der Waals surface area contributed by atoms with Crippen molar-refractivity contribution >= 4 is 34.2 Å². The Bertz CT molecular complexity index is 1140. The molecular formula is C24H22Cl2N2O. The lowest BCUT2D eigenvalue weighted by Crippen LogP contribution is -2.04. The molecule has 0 aliphatic heterocycles. The average Bonchev–Trinajstić information content (AvgIpc) is 3.06. The monoisotopic (exact) mass is 424 g/mol. The number of imidazole rings is 1. The Labute approximate surface area is 180 Å². The highest BCUT2D eigenvalue weighted by atomic mass is 35.5. The molecule has 0 saturated heterocycles. The Hall–Kier alpha value is -2.49. The summed E-state index contributed by atoms with van der Waals surface area (Å²) >= 11 is 12.5. The molecule has 0 bridgehead atoms. The first-order valence-corrected chi connectivity index (χ1v) is 10.5. The highest BCUT2D eigenvalue weighted by molar-refractivity contribution is 6.36. The largest absolute Gasteiger partial charge is 0.494 e. The highest BCUT2D eigenvalue weighted by Gasteiger charge is 2.15. The molecule has 4 rings (SSSR count). The van der Waals surface area contributed by atoms with Gasteiger partial charge in [0.05, 0.1) is 22.7 Å². The number of unbranched alkanes of at least 4 members (excludes halogenated alkanes) is 1. The third-order valence-corrected chi connectivity index (χ3v) is 5.41. The van der Waals surface area contributed by atoms with Gasteiger partial charge in [0.1, 0.15) is 11.6 Å². The number of benzene rings is 3. The van der Waals surface area contributed by atoms with Gasteiger partial charge in [-0.15, -0.1) is 0 Å². The van der Waals surface area contributed by atoms with E-state index < -0.39 is 0 Å². The van der Waals surface area contributed by atoms with Crippen molar-refractivity contribution in [1.29, 1.82) is 0 Å². The molecule has 0 unspecified atom stereocenters. The predicted molar refractivity (Wildman–Crippen MR) is 121 cm³/mol. The van der Waals surface area contributed by atoms with E-state index in [0.29, 0.717) is 16.7 Å². The van der Waals surface area contributed by atoms with Gasteiger partial charge in [0.15, 0.2) is 0 Å². The fourth-order valence-electron chi connectivity index (χ4n) is 3.45. The van der Waals surface area contributed by atoms with Gasteiger partial charge in [-0.2, -0.15) is 0 Å². The number of halogens is 2. The van der Waals surface area contributed by atoms with Gasteiger partial charge in [0, 0.05) is 17.1 Å². The van der Waals surface area contributed by atoms with E-state index in [1.807, 2.05) is 42.5 Å². The van der Waals surface area contributed by atoms with Crippen LogP contribution in [0.4, 0.5) is 0 Å². The Morgan fingerprint density at radius 1 is 0.931 bits per heavy atom. The third-order valence-electron chi connectivity index (χ3n) is 4.86. The Morgan fingerprint density at radius 3 is 2.62 bits per heavy atom. The molecule has 1 heterocycles. The second-order valence-electron chi connectivity index (χ2n) is 7.07. The summed E-state index contributed by atoms with van der Waals surface area (Å²) in [5.41, 5.74) is 4.16. The van der Waals surface area contributed by atoms with Crippen molar-refractivity contribution < 1.29 is 4.74 Å². The minimum Gasteiger partial charge on any atom is -0.494 e. The second kappa shape index (κ2) is 8.89. The summed E-state index contributed by atoms with van der Waals surface area (Å²) in [4.78, 5) is 4.83. The van der Waals surface area contributed by atoms with E-state index in [1.54, 1.807) is 6.07 Å². The van der Waals surface area contributed by atoms with Crippen LogP contribution in [0.2, 0.25) is 10.0 Å². The smallest absolute Gasteiger partial charge is 0.142 e. The Balaban J connectivity index is 1.50. The van der Waals surface area contributed by atoms with E-state index in [2.05, 4.69) is 29.7 Å². The Morgan fingerprint density at radius 2 is 1.79 bits per heavy atom. The quantitative estimate of drug-likeness (QED) is 0.293. The Kier molecular flexibility index (Phi) is 6.08. The van der Waals surface area contributed by atoms with Crippen molar-refractivity contribution in [2.75, 3.05) is 6.61 Å². The number of para-hydroxylation sites is 2. The normalized spacial score (nSPS) is 11.1. The van der Waals surface area contributed by atoms with Crippen LogP contribution in [0.1, 0.15) is 18.4 Å². The zero-order chi connectivity index (χ0) is 20.2. The first-order chi connectivity index (χ1) is 14.1. The van der Waals surface area contributed by atoms with E-state index in [9.17, 15) is 0 Å². The minimum atomic E-state index is 0.608. The summed E-state index contributed by atoms with van der Waals surface area (Å²) in [6.07, 6.45) is 1.93. The molecule has 0 fully saturated rings. The maximum absolute atomic E-state index is 6.47. The van der Waals surface area contributed by atoms with E-state index in [0.717, 1.165) is 47.6 Å². The first-order valence-electron chi connectivity index (χ1n) is 9.72. The summed E-state index contributed by atoms with van der Waals surface area (Å²) in [6, 6.07) is 21.9. The molecule has 0 aliphatic carbocycles. The maximum Gasteiger partial charge on any atom is 0.142 e. The van der Waals surface area contributed by atoms with Crippen molar-refractivity contribution in [3.05, 3.63) is 82.3 Å². The van der Waals surface area contributed by atoms with Crippen LogP contribution in [-0.2, 0) is 6.54 Å². The summed E-state index contributed by atoms with van der Waals surface area (Å²) in [6.45, 7) is 3.60. The fourth-order valence-corrected chi connectivity index (χ4v) is 3.94. The van der Waals surface area contributed by atoms with Crippen molar-refractivity contribution in [3.63, 3.8) is 0 Å². The van der Waals surface area contributed by atoms with Crippen LogP contribution in [0, 0.1) is 6.92 Å². The zero-order valence-corrected chi connectivity index (χ0v) is 17.7. The molecule has 0 atom stereocenters. The van der Waals surface area contributed by atoms with Gasteiger partial charge in [-0.25, -0.2) is 4.98 Å². The lowest BCUT2D eigenvalue weighted by atomic mass is 10.2. The summed E-state index contributed by atoms with van der Waals surface area (Å²) < 4.78 is 8.11. The number of nitrogens with zero attached hydrogens (tertiary/aromatic N) is 2. The molecule has 0 N–H and O–H groups in total. The summed E-state index contributed by atoms with van der Waals surface area (Å²) in [5, 5.41) is 1.23. The van der Waals surface area contributed by atoms with Gasteiger partial charge < -0.3 is 9.30 Å². The van der Waals surface area contributed by atoms with Crippen LogP contribution in [0.25, 0.3) is 22.4 Å². The molecule has 148 valence electrons. The minimum absolute atomic E-state index is 0.608. The van der Waals surface area contributed by atoms with Gasteiger partial charge in [0.25, 0.3) is 0 Å². The van der Waals surface area contributed by atoms with Crippen LogP contribution < -0.4 is 4.74 Å². The number of fused-ring (bicyclic) bond motifs is 1. The van der Waals surface area contributed by atoms with Crippen molar-refractivity contribution in [1.82, 2.24) is 9.55 Å². The van der Waals surface area contributed by atoms with Gasteiger partial charge in [-0.3, -0.25) is 0 Å². The molecule has 0 spiro atoms. The SMILES string of the molecule is Cc1cccc(OCCCCn2c(-c3ccc(Cl)cc3Cl)nc3ccccc32)c1. The molecule has 3 aromatic carbocycles. The molecule has 0 amide bonds. The maximum atomic E-state index is 6.47. The lowest BCUT2D eigenvalue weighted by molar-refractivity contribution is 0.303. The van der Waals surface area contributed by atoms with Gasteiger partial charge in [-0.05, 0) is 67.8 Å². The van der Waals surface area contributed by atoms with Crippen LogP contribution in [-0.4, -0.2) is 16.2 Å². The average molecular weight is 425 g/mol. The predicted octanol–water partition coefficient (Wildman–Crippen LogP) is 7.18. The molecule has 0 saturated carbocycles. The van der Waals surface area contributed by atoms with Crippen LogP contribution in [0.15, 0.2) is 66.7 Å². The molecular weight excluding hydrogens is 403 g/mol. The molecule has 1 aromatic heterocycles. The standard InChI is InChI=1S/C24H22Cl2N2O/c1-17-7-6-8-19(15-17)29-14-5-4-13-28-23-10-3-2-9-22(23)27-24(28)20-12-11-18(25)16-21(20)26/h2-3,6-12,15-16H,4-5,13-14H2,1H3. The molecule has 0 aliphatic rings. The number of rotatable bonds is 7. The van der Waals surface area contributed by atoms with E-state index in [4.69, 9.17) is 32.9 Å². The topological polar surface area (TPSA) is 27.1 Å². The molecule has 5 heteroatoms. The number of hydrogen-bond donors (Lipinski definition) is 0. The van der Waals surface area contributed by atoms with Gasteiger partial charge in [-0.1, -0.05) is 47.5 Å². The number of hydrogen-bond acceptors (Lipinski definition) is 2. The fraction of sp³-hybridized carbons (Fsp3) is 0.208. The molecule has 4 aromatic rings. The highest BCUT2D eigenvalue weighted by Crippen LogP contribution is 2.32. The van der Waals surface area contributed by atoms with Crippen LogP contribution in [0.5, 0.6) is 5.75 Å². The molecule has 3 nitrogen and oxygen atoms in total. The zero-order valence-electron chi connectivity index (χ0n) is 16.2. The van der Waals surface area contributed by atoms with Gasteiger partial charge in [0.2, 0.25) is 0 Å². The lowest BCUT2D eigenvalue weighted by Gasteiger charge is -2.11. The van der Waals surface area contributed by atoms with E-state index in [-0.39, 0.29) is 0 Å². The number of aromatic nitrogens is 2. The number of ether oxygens (including phenoxy) is 1. The first kappa shape index (κ1) is 19.8. The van der Waals surface area contributed by atoms with Crippen molar-refractivity contribution in [3.8, 4) is 17.1 Å². The van der Waals surface area contributed by atoms with Gasteiger partial charge >= 0.3 is 0 Å². The summed E-state index contributed by atoms with van der Waals surface area (Å²) in [5.74, 6) is 1.79. The second-order valence-corrected chi connectivity index (χ2v) is 7.92. The molecule has 29 heavy (non-hydrogen) atoms. The van der Waals surface area contributed by atoms with Crippen molar-refractivity contribution in [2.24, 2.45) is 0 Å². The third kappa shape index (κ3) is 4.58. The summed E-state index contributed by atoms with van der Waals surface area (Å²) in [7, 11) is 0.